The van der Waals surface area contributed by atoms with Gasteiger partial charge >= 0.3 is 17.8 Å². The molecule has 224 valence electrons. The number of nitro groups is 1. The number of nitro benzene ring substituents is 1. The first-order valence-corrected chi connectivity index (χ1v) is 13.1. The van der Waals surface area contributed by atoms with Crippen molar-refractivity contribution in [2.45, 2.75) is 26.4 Å². The number of aromatic carboxylic acids is 1. The van der Waals surface area contributed by atoms with Crippen LogP contribution in [-0.2, 0) is 25.7 Å². The number of rotatable bonds is 9. The summed E-state index contributed by atoms with van der Waals surface area (Å²) in [4.78, 5) is 75.1. The lowest BCUT2D eigenvalue weighted by molar-refractivity contribution is -0.384. The third kappa shape index (κ3) is 6.36. The average Bonchev–Trinajstić information content (AvgIpc) is 3.00. The summed E-state index contributed by atoms with van der Waals surface area (Å²) < 4.78 is 0. The summed E-state index contributed by atoms with van der Waals surface area (Å²) in [5, 5.41) is 33.8. The first-order chi connectivity index (χ1) is 20.9. The van der Waals surface area contributed by atoms with Gasteiger partial charge in [0.15, 0.2) is 0 Å². The normalized spacial score (nSPS) is 11.3. The monoisotopic (exact) mass is 598 g/mol. The fraction of sp³-hybridized carbons (Fsp3) is 0.129. The Labute approximate surface area is 250 Å². The van der Waals surface area contributed by atoms with Crippen LogP contribution in [0.15, 0.2) is 84.9 Å². The number of carboxylic acids is 2. The quantitative estimate of drug-likeness (QED) is 0.141. The Morgan fingerprint density at radius 2 is 1.45 bits per heavy atom. The number of carbonyl (C=O) groups excluding carboxylic acids is 3. The predicted molar refractivity (Wildman–Crippen MR) is 160 cm³/mol. The van der Waals surface area contributed by atoms with Crippen molar-refractivity contribution in [2.75, 3.05) is 10.2 Å². The second-order valence-corrected chi connectivity index (χ2v) is 9.68. The number of nitrogens with zero attached hydrogens (tertiary/aromatic N) is 3. The molecule has 0 radical (unpaired) electrons. The number of non-ortho nitro benzene ring substituents is 1. The Kier molecular flexibility index (Phi) is 8.98. The number of benzene rings is 4. The Bertz CT molecular complexity index is 1800. The molecule has 4 aromatic carbocycles. The molecule has 13 heteroatoms. The predicted octanol–water partition coefficient (Wildman–Crippen LogP) is 4.57. The van der Waals surface area contributed by atoms with Gasteiger partial charge in [0.1, 0.15) is 6.04 Å². The minimum atomic E-state index is -1.81. The van der Waals surface area contributed by atoms with Crippen molar-refractivity contribution in [3.8, 4) is 0 Å². The van der Waals surface area contributed by atoms with Crippen molar-refractivity contribution in [3.63, 3.8) is 0 Å². The van der Waals surface area contributed by atoms with Gasteiger partial charge < -0.3 is 20.4 Å². The molecular formula is C31H26N4O9. The van der Waals surface area contributed by atoms with Crippen LogP contribution in [0.25, 0.3) is 10.8 Å². The summed E-state index contributed by atoms with van der Waals surface area (Å²) in [5.74, 6) is -5.54. The Morgan fingerprint density at radius 3 is 2.05 bits per heavy atom. The number of anilines is 3. The van der Waals surface area contributed by atoms with Gasteiger partial charge in [0.05, 0.1) is 21.9 Å². The van der Waals surface area contributed by atoms with Crippen LogP contribution in [0.2, 0.25) is 0 Å². The smallest absolute Gasteiger partial charge is 0.395 e. The van der Waals surface area contributed by atoms with Crippen molar-refractivity contribution in [1.29, 1.82) is 0 Å². The molecule has 0 unspecified atom stereocenters. The van der Waals surface area contributed by atoms with Crippen LogP contribution < -0.4 is 10.2 Å². The highest BCUT2D eigenvalue weighted by atomic mass is 16.6. The SMILES string of the molecule is CC(=O)N(Cc1ccc([N+](=O)[O-])cc1)[C@@H](C)C(=O)Nc1ccc(N(C(=O)C(=O)O)c2ccccc2C(=O)O)c2ccccc12. The molecule has 0 aromatic heterocycles. The number of para-hydroxylation sites is 1. The molecule has 0 fully saturated rings. The minimum Gasteiger partial charge on any atom is -0.478 e. The molecule has 0 spiro atoms. The Hall–Kier alpha value is -6.11. The molecule has 4 aromatic rings. The summed E-state index contributed by atoms with van der Waals surface area (Å²) in [7, 11) is 0. The first-order valence-electron chi connectivity index (χ1n) is 13.1. The summed E-state index contributed by atoms with van der Waals surface area (Å²) >= 11 is 0. The van der Waals surface area contributed by atoms with E-state index in [4.69, 9.17) is 0 Å². The van der Waals surface area contributed by atoms with E-state index in [0.717, 1.165) is 4.90 Å². The van der Waals surface area contributed by atoms with Crippen LogP contribution in [0, 0.1) is 10.1 Å². The zero-order valence-corrected chi connectivity index (χ0v) is 23.5. The fourth-order valence-electron chi connectivity index (χ4n) is 4.70. The van der Waals surface area contributed by atoms with Gasteiger partial charge in [-0.15, -0.1) is 0 Å². The molecule has 4 rings (SSSR count). The Morgan fingerprint density at radius 1 is 0.841 bits per heavy atom. The number of nitrogens with one attached hydrogen (secondary N) is 1. The number of fused-ring (bicyclic) bond motifs is 1. The molecule has 44 heavy (non-hydrogen) atoms. The minimum absolute atomic E-state index is 0.0108. The maximum atomic E-state index is 13.4. The largest absolute Gasteiger partial charge is 0.478 e. The lowest BCUT2D eigenvalue weighted by Crippen LogP contribution is -2.44. The summed E-state index contributed by atoms with van der Waals surface area (Å²) in [6, 6.07) is 19.5. The number of carbonyl (C=O) groups is 5. The van der Waals surface area contributed by atoms with Gasteiger partial charge in [-0.2, -0.15) is 0 Å². The third-order valence-corrected chi connectivity index (χ3v) is 6.91. The topological polar surface area (TPSA) is 187 Å². The van der Waals surface area contributed by atoms with Crippen LogP contribution in [0.1, 0.15) is 29.8 Å². The number of aliphatic carboxylic acids is 1. The standard InChI is InChI=1S/C31H26N4O9/c1-18(33(19(2)36)17-20-11-13-21(14-12-20)35(43)44)28(37)32-25-15-16-27(23-8-4-3-7-22(23)25)34(29(38)31(41)42)26-10-6-5-9-24(26)30(39)40/h3-16,18H,17H2,1-2H3,(H,32,37)(H,39,40)(H,41,42)/t18-/m0/s1. The molecule has 0 aliphatic heterocycles. The van der Waals surface area contributed by atoms with E-state index in [0.29, 0.717) is 16.3 Å². The highest BCUT2D eigenvalue weighted by Crippen LogP contribution is 2.37. The van der Waals surface area contributed by atoms with Crippen LogP contribution in [0.4, 0.5) is 22.7 Å². The molecule has 0 saturated heterocycles. The van der Waals surface area contributed by atoms with Crippen molar-refractivity contribution in [1.82, 2.24) is 4.90 Å². The second-order valence-electron chi connectivity index (χ2n) is 9.68. The zero-order chi connectivity index (χ0) is 32.1. The van der Waals surface area contributed by atoms with Crippen LogP contribution >= 0.6 is 0 Å². The van der Waals surface area contributed by atoms with E-state index < -0.39 is 40.6 Å². The molecule has 3 amide bonds. The maximum Gasteiger partial charge on any atom is 0.395 e. The summed E-state index contributed by atoms with van der Waals surface area (Å²) in [6.07, 6.45) is 0. The zero-order valence-electron chi connectivity index (χ0n) is 23.5. The van der Waals surface area contributed by atoms with E-state index in [9.17, 15) is 44.3 Å². The van der Waals surface area contributed by atoms with E-state index in [1.54, 1.807) is 24.3 Å². The van der Waals surface area contributed by atoms with Crippen molar-refractivity contribution in [3.05, 3.63) is 106 Å². The van der Waals surface area contributed by atoms with Gasteiger partial charge in [0.25, 0.3) is 5.69 Å². The highest BCUT2D eigenvalue weighted by molar-refractivity contribution is 6.40. The second kappa shape index (κ2) is 12.8. The lowest BCUT2D eigenvalue weighted by atomic mass is 10.0. The average molecular weight is 599 g/mol. The summed E-state index contributed by atoms with van der Waals surface area (Å²) in [6.45, 7) is 2.83. The third-order valence-electron chi connectivity index (χ3n) is 6.91. The van der Waals surface area contributed by atoms with E-state index in [1.165, 1.54) is 79.4 Å². The van der Waals surface area contributed by atoms with Gasteiger partial charge in [0, 0.05) is 42.1 Å². The molecule has 13 nitrogen and oxygen atoms in total. The van der Waals surface area contributed by atoms with E-state index in [2.05, 4.69) is 5.32 Å². The fourth-order valence-corrected chi connectivity index (χ4v) is 4.70. The van der Waals surface area contributed by atoms with Crippen molar-refractivity contribution in [2.24, 2.45) is 0 Å². The molecule has 1 atom stereocenters. The summed E-state index contributed by atoms with van der Waals surface area (Å²) in [5.41, 5.74) is 0.357. The number of carboxylic acid groups (broad SMARTS) is 2. The molecule has 0 aliphatic carbocycles. The lowest BCUT2D eigenvalue weighted by Gasteiger charge is -2.28. The number of hydrogen-bond acceptors (Lipinski definition) is 7. The van der Waals surface area contributed by atoms with E-state index in [-0.39, 0.29) is 34.9 Å². The molecule has 0 aliphatic rings. The van der Waals surface area contributed by atoms with Crippen molar-refractivity contribution >= 4 is 63.2 Å². The van der Waals surface area contributed by atoms with Gasteiger partial charge in [-0.1, -0.05) is 48.5 Å². The highest BCUT2D eigenvalue weighted by Gasteiger charge is 2.30. The molecule has 0 bridgehead atoms. The van der Waals surface area contributed by atoms with E-state index in [1.807, 2.05) is 0 Å². The molecule has 3 N–H and O–H groups in total. The van der Waals surface area contributed by atoms with Gasteiger partial charge in [-0.25, -0.2) is 9.59 Å². The van der Waals surface area contributed by atoms with Gasteiger partial charge in [-0.05, 0) is 36.8 Å². The van der Waals surface area contributed by atoms with Crippen molar-refractivity contribution < 1.29 is 39.1 Å². The number of hydrogen-bond donors (Lipinski definition) is 3. The first kappa shape index (κ1) is 30.8. The molecule has 0 saturated carbocycles. The molecule has 0 heterocycles. The van der Waals surface area contributed by atoms with Crippen LogP contribution in [-0.4, -0.2) is 55.7 Å². The maximum absolute atomic E-state index is 13.4. The van der Waals surface area contributed by atoms with E-state index >= 15 is 0 Å². The molecular weight excluding hydrogens is 572 g/mol. The van der Waals surface area contributed by atoms with Gasteiger partial charge in [0.2, 0.25) is 11.8 Å². The van der Waals surface area contributed by atoms with Crippen LogP contribution in [0.3, 0.4) is 0 Å². The van der Waals surface area contributed by atoms with Gasteiger partial charge in [-0.3, -0.25) is 29.4 Å². The number of amides is 3. The Balaban J connectivity index is 1.70. The van der Waals surface area contributed by atoms with Crippen LogP contribution in [0.5, 0.6) is 0 Å².